The fourth-order valence-electron chi connectivity index (χ4n) is 3.72. The summed E-state index contributed by atoms with van der Waals surface area (Å²) in [7, 11) is 0. The van der Waals surface area contributed by atoms with E-state index in [2.05, 4.69) is 16.3 Å². The van der Waals surface area contributed by atoms with Gasteiger partial charge in [0.05, 0.1) is 5.25 Å². The highest BCUT2D eigenvalue weighted by Crippen LogP contribution is 2.36. The molecule has 5 rings (SSSR count). The van der Waals surface area contributed by atoms with Gasteiger partial charge in [-0.2, -0.15) is 0 Å². The molecule has 3 aromatic rings. The van der Waals surface area contributed by atoms with E-state index in [-0.39, 0.29) is 11.2 Å². The number of hydrogen-bond acceptors (Lipinski definition) is 7. The number of para-hydroxylation sites is 3. The summed E-state index contributed by atoms with van der Waals surface area (Å²) in [6.07, 6.45) is 1.49. The van der Waals surface area contributed by atoms with Crippen LogP contribution < -0.4 is 14.4 Å². The Morgan fingerprint density at radius 3 is 2.83 bits per heavy atom. The van der Waals surface area contributed by atoms with E-state index in [0.717, 1.165) is 25.1 Å². The van der Waals surface area contributed by atoms with Crippen molar-refractivity contribution < 1.29 is 18.7 Å². The summed E-state index contributed by atoms with van der Waals surface area (Å²) >= 11 is 1.26. The molecule has 30 heavy (non-hydrogen) atoms. The number of benzene rings is 2. The third-order valence-electron chi connectivity index (χ3n) is 5.21. The van der Waals surface area contributed by atoms with E-state index in [1.54, 1.807) is 0 Å². The lowest BCUT2D eigenvalue weighted by atomic mass is 10.0. The van der Waals surface area contributed by atoms with Crippen LogP contribution >= 0.6 is 11.8 Å². The summed E-state index contributed by atoms with van der Waals surface area (Å²) in [5, 5.41) is 8.20. The highest BCUT2D eigenvalue weighted by Gasteiger charge is 2.30. The van der Waals surface area contributed by atoms with Crippen LogP contribution in [0.3, 0.4) is 0 Å². The van der Waals surface area contributed by atoms with Crippen LogP contribution in [0.15, 0.2) is 58.2 Å². The molecule has 0 saturated heterocycles. The standard InChI is InChI=1S/C22H21N3O4S/c1-14(21(26)25-12-6-8-15-7-2-3-9-16(15)25)30-22-24-23-20(29-22)19-13-27-17-10-4-5-11-18(17)28-19/h2-5,7,9-11,14,19H,6,8,12-13H2,1H3. The second-order valence-corrected chi connectivity index (χ2v) is 8.54. The summed E-state index contributed by atoms with van der Waals surface area (Å²) < 4.78 is 17.4. The monoisotopic (exact) mass is 423 g/mol. The third kappa shape index (κ3) is 3.63. The first-order valence-corrected chi connectivity index (χ1v) is 10.8. The van der Waals surface area contributed by atoms with Crippen LogP contribution in [0, 0.1) is 0 Å². The van der Waals surface area contributed by atoms with Gasteiger partial charge in [0.25, 0.3) is 11.1 Å². The molecule has 2 aliphatic heterocycles. The Labute approximate surface area is 178 Å². The Balaban J connectivity index is 1.26. The second-order valence-electron chi connectivity index (χ2n) is 7.25. The van der Waals surface area contributed by atoms with Crippen molar-refractivity contribution in [3.8, 4) is 11.5 Å². The number of fused-ring (bicyclic) bond motifs is 2. The lowest BCUT2D eigenvalue weighted by Crippen LogP contribution is -2.40. The van der Waals surface area contributed by atoms with Gasteiger partial charge in [-0.05, 0) is 43.5 Å². The van der Waals surface area contributed by atoms with Gasteiger partial charge in [0.15, 0.2) is 11.5 Å². The fourth-order valence-corrected chi connectivity index (χ4v) is 4.47. The SMILES string of the molecule is CC(Sc1nnc(C2COc3ccccc3O2)o1)C(=O)N1CCCc2ccccc21. The first-order valence-electron chi connectivity index (χ1n) is 9.97. The van der Waals surface area contributed by atoms with Gasteiger partial charge in [-0.1, -0.05) is 42.1 Å². The number of amides is 1. The molecule has 0 bridgehead atoms. The van der Waals surface area contributed by atoms with Crippen LogP contribution in [0.25, 0.3) is 0 Å². The van der Waals surface area contributed by atoms with Crippen LogP contribution in [0.4, 0.5) is 5.69 Å². The summed E-state index contributed by atoms with van der Waals surface area (Å²) in [4.78, 5) is 14.9. The largest absolute Gasteiger partial charge is 0.485 e. The third-order valence-corrected chi connectivity index (χ3v) is 6.13. The van der Waals surface area contributed by atoms with Gasteiger partial charge in [-0.15, -0.1) is 10.2 Å². The van der Waals surface area contributed by atoms with Gasteiger partial charge >= 0.3 is 0 Å². The number of thioether (sulfide) groups is 1. The molecule has 2 unspecified atom stereocenters. The van der Waals surface area contributed by atoms with Crippen LogP contribution in [-0.4, -0.2) is 34.5 Å². The lowest BCUT2D eigenvalue weighted by molar-refractivity contribution is -0.117. The van der Waals surface area contributed by atoms with Crippen LogP contribution in [0.2, 0.25) is 0 Å². The second kappa shape index (κ2) is 8.02. The maximum Gasteiger partial charge on any atom is 0.277 e. The number of carbonyl (C=O) groups is 1. The van der Waals surface area contributed by atoms with Crippen molar-refractivity contribution in [2.45, 2.75) is 36.3 Å². The van der Waals surface area contributed by atoms with Gasteiger partial charge in [-0.25, -0.2) is 0 Å². The van der Waals surface area contributed by atoms with Gasteiger partial charge in [0.2, 0.25) is 12.0 Å². The normalized spacial score (nSPS) is 18.6. The molecule has 7 nitrogen and oxygen atoms in total. The molecule has 2 aliphatic rings. The highest BCUT2D eigenvalue weighted by atomic mass is 32.2. The van der Waals surface area contributed by atoms with Gasteiger partial charge < -0.3 is 18.8 Å². The summed E-state index contributed by atoms with van der Waals surface area (Å²) in [6, 6.07) is 15.5. The number of nitrogens with zero attached hydrogens (tertiary/aromatic N) is 3. The number of ether oxygens (including phenoxy) is 2. The van der Waals surface area contributed by atoms with Gasteiger partial charge in [0, 0.05) is 12.2 Å². The zero-order chi connectivity index (χ0) is 20.5. The zero-order valence-electron chi connectivity index (χ0n) is 16.5. The molecule has 1 amide bonds. The number of anilines is 1. The summed E-state index contributed by atoms with van der Waals surface area (Å²) in [5.74, 6) is 1.73. The topological polar surface area (TPSA) is 77.7 Å². The summed E-state index contributed by atoms with van der Waals surface area (Å²) in [5.41, 5.74) is 2.21. The molecular weight excluding hydrogens is 402 g/mol. The van der Waals surface area contributed by atoms with Crippen molar-refractivity contribution in [2.75, 3.05) is 18.1 Å². The highest BCUT2D eigenvalue weighted by molar-refractivity contribution is 8.00. The van der Waals surface area contributed by atoms with E-state index in [1.807, 2.05) is 54.3 Å². The predicted octanol–water partition coefficient (Wildman–Crippen LogP) is 4.04. The molecule has 2 aromatic carbocycles. The van der Waals surface area contributed by atoms with Crippen molar-refractivity contribution >= 4 is 23.4 Å². The predicted molar refractivity (Wildman–Crippen MR) is 112 cm³/mol. The Morgan fingerprint density at radius 1 is 1.13 bits per heavy atom. The molecule has 3 heterocycles. The minimum atomic E-state index is -0.471. The molecule has 0 N–H and O–H groups in total. The number of carbonyl (C=O) groups excluding carboxylic acids is 1. The number of aryl methyl sites for hydroxylation is 1. The van der Waals surface area contributed by atoms with Crippen LogP contribution in [-0.2, 0) is 11.2 Å². The van der Waals surface area contributed by atoms with E-state index in [9.17, 15) is 4.79 Å². The average molecular weight is 423 g/mol. The fraction of sp³-hybridized carbons (Fsp3) is 0.318. The average Bonchev–Trinajstić information content (AvgIpc) is 3.26. The first-order chi connectivity index (χ1) is 14.7. The van der Waals surface area contributed by atoms with Gasteiger partial charge in [0.1, 0.15) is 6.61 Å². The molecule has 8 heteroatoms. The molecule has 154 valence electrons. The van der Waals surface area contributed by atoms with Crippen molar-refractivity contribution in [3.63, 3.8) is 0 Å². The number of rotatable bonds is 4. The maximum absolute atomic E-state index is 13.1. The molecule has 0 radical (unpaired) electrons. The molecule has 0 spiro atoms. The molecule has 1 aromatic heterocycles. The quantitative estimate of drug-likeness (QED) is 0.586. The van der Waals surface area contributed by atoms with E-state index >= 15 is 0 Å². The van der Waals surface area contributed by atoms with E-state index in [4.69, 9.17) is 13.9 Å². The van der Waals surface area contributed by atoms with Crippen LogP contribution in [0.5, 0.6) is 11.5 Å². The van der Waals surface area contributed by atoms with E-state index in [0.29, 0.717) is 29.2 Å². The zero-order valence-corrected chi connectivity index (χ0v) is 17.3. The number of aromatic nitrogens is 2. The molecule has 0 saturated carbocycles. The molecular formula is C22H21N3O4S. The molecule has 2 atom stereocenters. The first kappa shape index (κ1) is 19.0. The smallest absolute Gasteiger partial charge is 0.277 e. The van der Waals surface area contributed by atoms with Crippen molar-refractivity contribution in [2.24, 2.45) is 0 Å². The van der Waals surface area contributed by atoms with Gasteiger partial charge in [-0.3, -0.25) is 4.79 Å². The maximum atomic E-state index is 13.1. The minimum Gasteiger partial charge on any atom is -0.485 e. The van der Waals surface area contributed by atoms with Crippen molar-refractivity contribution in [1.29, 1.82) is 0 Å². The van der Waals surface area contributed by atoms with Crippen LogP contribution in [0.1, 0.15) is 30.9 Å². The summed E-state index contributed by atoms with van der Waals surface area (Å²) in [6.45, 7) is 2.88. The molecule has 0 fully saturated rings. The van der Waals surface area contributed by atoms with Crippen molar-refractivity contribution in [3.05, 3.63) is 60.0 Å². The minimum absolute atomic E-state index is 0.0399. The Hall–Kier alpha value is -3.00. The Kier molecular flexibility index (Phi) is 5.08. The van der Waals surface area contributed by atoms with E-state index in [1.165, 1.54) is 17.3 Å². The van der Waals surface area contributed by atoms with E-state index < -0.39 is 6.10 Å². The molecule has 0 aliphatic carbocycles. The Morgan fingerprint density at radius 2 is 1.93 bits per heavy atom. The lowest BCUT2D eigenvalue weighted by Gasteiger charge is -2.31. The number of hydrogen-bond donors (Lipinski definition) is 0. The Bertz CT molecular complexity index is 1070. The van der Waals surface area contributed by atoms with Crippen molar-refractivity contribution in [1.82, 2.24) is 10.2 Å².